The highest BCUT2D eigenvalue weighted by molar-refractivity contribution is 5.91. The van der Waals surface area contributed by atoms with Crippen LogP contribution in [-0.2, 0) is 22.4 Å². The van der Waals surface area contributed by atoms with Gasteiger partial charge in [0.15, 0.2) is 6.10 Å². The van der Waals surface area contributed by atoms with E-state index < -0.39 is 12.2 Å². The fraction of sp³-hybridized carbons (Fsp3) is 0.583. The second-order valence-corrected chi connectivity index (χ2v) is 13.7. The van der Waals surface area contributed by atoms with Crippen LogP contribution in [0.3, 0.4) is 0 Å². The minimum Gasteiger partial charge on any atom is -0.436 e. The summed E-state index contributed by atoms with van der Waals surface area (Å²) in [5, 5.41) is 3.06. The van der Waals surface area contributed by atoms with Gasteiger partial charge in [0.1, 0.15) is 0 Å². The van der Waals surface area contributed by atoms with Gasteiger partial charge >= 0.3 is 12.1 Å². The molecular formula is C36H50N6O4. The molecule has 0 aliphatic carbocycles. The molecule has 0 aromatic heterocycles. The van der Waals surface area contributed by atoms with Gasteiger partial charge in [-0.15, -0.1) is 0 Å². The molecule has 4 aliphatic heterocycles. The maximum absolute atomic E-state index is 14.0. The number of nitrogens with zero attached hydrogens (tertiary/aromatic N) is 5. The van der Waals surface area contributed by atoms with Crippen molar-refractivity contribution in [3.05, 3.63) is 64.7 Å². The van der Waals surface area contributed by atoms with E-state index in [1.165, 1.54) is 12.8 Å². The number of piperidine rings is 2. The summed E-state index contributed by atoms with van der Waals surface area (Å²) in [6, 6.07) is 14.8. The number of rotatable bonds is 6. The van der Waals surface area contributed by atoms with Gasteiger partial charge in [-0.05, 0) is 83.3 Å². The van der Waals surface area contributed by atoms with Crippen LogP contribution in [0.2, 0.25) is 0 Å². The Bertz CT molecular complexity index is 1370. The van der Waals surface area contributed by atoms with Crippen molar-refractivity contribution in [3.63, 3.8) is 0 Å². The molecule has 4 amide bonds. The molecule has 10 heteroatoms. The van der Waals surface area contributed by atoms with E-state index in [9.17, 15) is 14.4 Å². The number of carbonyl (C=O) groups is 3. The molecule has 0 unspecified atom stereocenters. The Morgan fingerprint density at radius 1 is 0.826 bits per heavy atom. The lowest BCUT2D eigenvalue weighted by Crippen LogP contribution is -2.56. The molecule has 2 aromatic rings. The lowest BCUT2D eigenvalue weighted by Gasteiger charge is -2.42. The van der Waals surface area contributed by atoms with E-state index in [2.05, 4.69) is 60.3 Å². The molecule has 4 heterocycles. The van der Waals surface area contributed by atoms with Gasteiger partial charge in [0, 0.05) is 70.0 Å². The molecule has 6 rings (SSSR count). The van der Waals surface area contributed by atoms with Crippen LogP contribution in [0, 0.1) is 13.8 Å². The van der Waals surface area contributed by atoms with Crippen molar-refractivity contribution < 1.29 is 19.1 Å². The number of hydrogen-bond donors (Lipinski definition) is 1. The summed E-state index contributed by atoms with van der Waals surface area (Å²) in [4.78, 5) is 51.1. The van der Waals surface area contributed by atoms with E-state index in [0.29, 0.717) is 58.0 Å². The first-order valence-corrected chi connectivity index (χ1v) is 17.1. The van der Waals surface area contributed by atoms with Gasteiger partial charge in [-0.25, -0.2) is 9.59 Å². The van der Waals surface area contributed by atoms with E-state index in [1.54, 1.807) is 4.90 Å². The molecule has 0 radical (unpaired) electrons. The molecule has 1 atom stereocenters. The maximum Gasteiger partial charge on any atom is 0.410 e. The average Bonchev–Trinajstić information content (AvgIpc) is 3.22. The van der Waals surface area contributed by atoms with Gasteiger partial charge in [-0.1, -0.05) is 47.5 Å². The van der Waals surface area contributed by atoms with Crippen molar-refractivity contribution in [3.8, 4) is 0 Å². The zero-order chi connectivity index (χ0) is 32.2. The van der Waals surface area contributed by atoms with Crippen molar-refractivity contribution in [2.24, 2.45) is 0 Å². The fourth-order valence-corrected chi connectivity index (χ4v) is 7.75. The van der Waals surface area contributed by atoms with Gasteiger partial charge < -0.3 is 29.7 Å². The number of anilines is 1. The normalized spacial score (nSPS) is 21.4. The number of likely N-dealkylation sites (tertiary alicyclic amines) is 2. The molecule has 1 N–H and O–H groups in total. The summed E-state index contributed by atoms with van der Waals surface area (Å²) in [7, 11) is 2.18. The van der Waals surface area contributed by atoms with Crippen molar-refractivity contribution in [2.75, 3.05) is 71.3 Å². The third-order valence-electron chi connectivity index (χ3n) is 10.4. The molecule has 0 saturated carbocycles. The van der Waals surface area contributed by atoms with Gasteiger partial charge in [0.05, 0.1) is 0 Å². The fourth-order valence-electron chi connectivity index (χ4n) is 7.75. The first-order valence-electron chi connectivity index (χ1n) is 17.1. The Balaban J connectivity index is 1.07. The number of urea groups is 1. The number of aryl methyl sites for hydroxylation is 2. The smallest absolute Gasteiger partial charge is 0.410 e. The number of fused-ring (bicyclic) bond motifs is 1. The topological polar surface area (TPSA) is 88.7 Å². The number of amides is 4. The molecule has 3 fully saturated rings. The minimum atomic E-state index is -0.879. The Morgan fingerprint density at radius 2 is 1.48 bits per heavy atom. The number of carbonyl (C=O) groups excluding carboxylic acids is 3. The number of hydrogen-bond acceptors (Lipinski definition) is 6. The summed E-state index contributed by atoms with van der Waals surface area (Å²) >= 11 is 0. The van der Waals surface area contributed by atoms with E-state index in [4.69, 9.17) is 4.74 Å². The molecule has 0 spiro atoms. The van der Waals surface area contributed by atoms with Crippen molar-refractivity contribution in [1.82, 2.24) is 24.5 Å². The van der Waals surface area contributed by atoms with Crippen LogP contribution >= 0.6 is 0 Å². The highest BCUT2D eigenvalue weighted by Crippen LogP contribution is 2.26. The average molecular weight is 631 g/mol. The molecule has 3 saturated heterocycles. The monoisotopic (exact) mass is 630 g/mol. The van der Waals surface area contributed by atoms with E-state index >= 15 is 0 Å². The lowest BCUT2D eigenvalue weighted by molar-refractivity contribution is -0.143. The van der Waals surface area contributed by atoms with Crippen LogP contribution in [0.25, 0.3) is 0 Å². The molecule has 46 heavy (non-hydrogen) atoms. The number of ether oxygens (including phenoxy) is 1. The minimum absolute atomic E-state index is 0.0481. The molecule has 0 bridgehead atoms. The SMILES string of the molecule is Cc1cc(C)cc(C[C@@H](OC(=O)N2CCC(N3CCc4ccccc4NC3=O)CC2)C(=O)N2CCN(C3CCN(C)CC3)CC2)c1. The first kappa shape index (κ1) is 32.3. The Labute approximate surface area is 273 Å². The second-order valence-electron chi connectivity index (χ2n) is 13.7. The quantitative estimate of drug-likeness (QED) is 0.516. The summed E-state index contributed by atoms with van der Waals surface area (Å²) < 4.78 is 6.09. The Kier molecular flexibility index (Phi) is 10.1. The lowest BCUT2D eigenvalue weighted by atomic mass is 10.0. The number of para-hydroxylation sites is 1. The van der Waals surface area contributed by atoms with Crippen LogP contribution < -0.4 is 5.32 Å². The maximum atomic E-state index is 14.0. The highest BCUT2D eigenvalue weighted by Gasteiger charge is 2.36. The largest absolute Gasteiger partial charge is 0.436 e. The van der Waals surface area contributed by atoms with Crippen LogP contribution in [0.1, 0.15) is 47.9 Å². The van der Waals surface area contributed by atoms with Gasteiger partial charge in [0.2, 0.25) is 0 Å². The van der Waals surface area contributed by atoms with Gasteiger partial charge in [0.25, 0.3) is 5.91 Å². The third-order valence-corrected chi connectivity index (χ3v) is 10.4. The van der Waals surface area contributed by atoms with E-state index in [0.717, 1.165) is 60.5 Å². The van der Waals surface area contributed by atoms with E-state index in [-0.39, 0.29) is 18.0 Å². The van der Waals surface area contributed by atoms with Crippen molar-refractivity contribution >= 4 is 23.7 Å². The summed E-state index contributed by atoms with van der Waals surface area (Å²) in [6.45, 7) is 11.0. The second kappa shape index (κ2) is 14.4. The number of nitrogens with one attached hydrogen (secondary N) is 1. The van der Waals surface area contributed by atoms with Crippen LogP contribution in [0.15, 0.2) is 42.5 Å². The highest BCUT2D eigenvalue weighted by atomic mass is 16.6. The number of benzene rings is 2. The van der Waals surface area contributed by atoms with Crippen LogP contribution in [-0.4, -0.2) is 127 Å². The third kappa shape index (κ3) is 7.66. The van der Waals surface area contributed by atoms with Crippen molar-refractivity contribution in [1.29, 1.82) is 0 Å². The van der Waals surface area contributed by atoms with Gasteiger partial charge in [-0.3, -0.25) is 9.69 Å². The zero-order valence-electron chi connectivity index (χ0n) is 27.7. The predicted molar refractivity (Wildman–Crippen MR) is 179 cm³/mol. The molecule has 248 valence electrons. The molecule has 10 nitrogen and oxygen atoms in total. The summed E-state index contributed by atoms with van der Waals surface area (Å²) in [6.07, 6.45) is 3.52. The molecule has 4 aliphatic rings. The van der Waals surface area contributed by atoms with Crippen LogP contribution in [0.5, 0.6) is 0 Å². The summed E-state index contributed by atoms with van der Waals surface area (Å²) in [5.74, 6) is -0.105. The number of piperazine rings is 1. The first-order chi connectivity index (χ1) is 22.2. The van der Waals surface area contributed by atoms with E-state index in [1.807, 2.05) is 28.0 Å². The van der Waals surface area contributed by atoms with Crippen molar-refractivity contribution in [2.45, 2.75) is 70.6 Å². The molecule has 2 aromatic carbocycles. The predicted octanol–water partition coefficient (Wildman–Crippen LogP) is 4.14. The standard InChI is InChI=1S/C36H50N6O4/c1-26-22-27(2)24-28(23-26)25-33(34(43)40-20-18-39(19-21-40)30-9-13-38(3)14-10-30)46-36(45)41-15-11-31(12-16-41)42-17-8-29-6-4-5-7-32(29)37-35(42)44/h4-7,22-24,30-31,33H,8-21,25H2,1-3H3,(H,37,44)/t33-/m1/s1. The Morgan fingerprint density at radius 3 is 2.17 bits per heavy atom. The summed E-state index contributed by atoms with van der Waals surface area (Å²) in [5.41, 5.74) is 5.27. The van der Waals surface area contributed by atoms with Crippen LogP contribution in [0.4, 0.5) is 15.3 Å². The zero-order valence-corrected chi connectivity index (χ0v) is 27.7. The Hall–Kier alpha value is -3.63. The molecular weight excluding hydrogens is 580 g/mol. The van der Waals surface area contributed by atoms with Gasteiger partial charge in [-0.2, -0.15) is 0 Å².